The van der Waals surface area contributed by atoms with Crippen LogP contribution in [0.5, 0.6) is 5.75 Å². The standard InChI is InChI=1S/C45H60F5N5O19/c1-65-10-11-68-16-19-71-20-21-72-45(44(63)64)23-30(57)40(52-33(60)26-56)43(74-45)41(62)31(58)24-51-32(59)22-27-2-4-28(5-3-27)29-25-55(54-53-29)7-9-67-13-15-70-18-17-69-14-12-66-8-6-34(61)73-42-38(49)36(47)35(46)37(48)39(42)50/h2-5,25,30-31,40-41,43,56-58,62H,6-24,26H2,1H3,(H,51,59)(H,52,60)(H,63,64)/t30-,31+,40+,41+,43+,45+/m0/s1. The molecule has 1 fully saturated rings. The molecule has 2 heterocycles. The van der Waals surface area contributed by atoms with Gasteiger partial charge in [-0.1, -0.05) is 29.5 Å². The number of halogens is 5. The molecule has 1 aliphatic heterocycles. The Bertz CT molecular complexity index is 2190. The van der Waals surface area contributed by atoms with Gasteiger partial charge in [0.15, 0.2) is 0 Å². The number of carbonyl (C=O) groups is 4. The van der Waals surface area contributed by atoms with Crippen LogP contribution in [-0.4, -0.2) is 213 Å². The highest BCUT2D eigenvalue weighted by atomic mass is 19.2. The molecule has 74 heavy (non-hydrogen) atoms. The zero-order valence-corrected chi connectivity index (χ0v) is 40.1. The normalized spacial score (nSPS) is 18.5. The number of aliphatic hydroxyl groups excluding tert-OH is 4. The third-order valence-electron chi connectivity index (χ3n) is 10.5. The maximum atomic E-state index is 13.6. The highest BCUT2D eigenvalue weighted by molar-refractivity contribution is 5.79. The summed E-state index contributed by atoms with van der Waals surface area (Å²) in [6.07, 6.45) is -7.05. The smallest absolute Gasteiger partial charge is 0.364 e. The van der Waals surface area contributed by atoms with Gasteiger partial charge in [-0.05, 0) is 5.56 Å². The zero-order chi connectivity index (χ0) is 54.0. The van der Waals surface area contributed by atoms with Crippen LogP contribution in [0.15, 0.2) is 30.5 Å². The molecule has 7 N–H and O–H groups in total. The molecule has 4 rings (SSSR count). The average molecular weight is 1070 g/mol. The summed E-state index contributed by atoms with van der Waals surface area (Å²) in [4.78, 5) is 49.2. The lowest BCUT2D eigenvalue weighted by atomic mass is 9.88. The molecule has 414 valence electrons. The number of rotatable bonds is 36. The summed E-state index contributed by atoms with van der Waals surface area (Å²) in [6, 6.07) is 5.27. The topological polar surface area (TPSA) is 316 Å². The summed E-state index contributed by atoms with van der Waals surface area (Å²) in [5, 5.41) is 65.5. The van der Waals surface area contributed by atoms with Gasteiger partial charge in [-0.3, -0.25) is 14.4 Å². The number of aliphatic carboxylic acids is 1. The summed E-state index contributed by atoms with van der Waals surface area (Å²) in [5.74, 6) is -20.2. The van der Waals surface area contributed by atoms with E-state index < -0.39 is 121 Å². The van der Waals surface area contributed by atoms with Crippen LogP contribution < -0.4 is 15.4 Å². The number of hydrogen-bond acceptors (Lipinski definition) is 20. The lowest BCUT2D eigenvalue weighted by molar-refractivity contribution is -0.312. The van der Waals surface area contributed by atoms with Crippen LogP contribution >= 0.6 is 0 Å². The lowest BCUT2D eigenvalue weighted by Crippen LogP contribution is -2.68. The fraction of sp³-hybridized carbons (Fsp3) is 0.600. The molecule has 2 aromatic carbocycles. The van der Waals surface area contributed by atoms with Crippen molar-refractivity contribution in [3.05, 3.63) is 65.1 Å². The van der Waals surface area contributed by atoms with Gasteiger partial charge >= 0.3 is 11.9 Å². The number of hydrogen-bond donors (Lipinski definition) is 7. The number of amides is 2. The predicted molar refractivity (Wildman–Crippen MR) is 238 cm³/mol. The minimum absolute atomic E-state index is 0.0209. The van der Waals surface area contributed by atoms with Gasteiger partial charge in [-0.2, -0.15) is 8.78 Å². The van der Waals surface area contributed by atoms with Crippen LogP contribution in [-0.2, 0) is 74.8 Å². The quantitative estimate of drug-likeness (QED) is 0.00935. The number of nitrogens with zero attached hydrogens (tertiary/aromatic N) is 3. The summed E-state index contributed by atoms with van der Waals surface area (Å²) >= 11 is 0. The molecular formula is C45H60F5N5O19. The molecule has 0 unspecified atom stereocenters. The molecule has 2 amide bonds. The number of carboxylic acid groups (broad SMARTS) is 1. The van der Waals surface area contributed by atoms with Gasteiger partial charge in [0, 0.05) is 25.6 Å². The third kappa shape index (κ3) is 19.4. The van der Waals surface area contributed by atoms with E-state index in [0.29, 0.717) is 36.6 Å². The lowest BCUT2D eigenvalue weighted by Gasteiger charge is -2.46. The van der Waals surface area contributed by atoms with E-state index in [2.05, 4.69) is 25.7 Å². The van der Waals surface area contributed by atoms with E-state index in [9.17, 15) is 66.7 Å². The van der Waals surface area contributed by atoms with E-state index >= 15 is 0 Å². The fourth-order valence-corrected chi connectivity index (χ4v) is 6.73. The largest absolute Gasteiger partial charge is 0.477 e. The van der Waals surface area contributed by atoms with Crippen molar-refractivity contribution in [3.8, 4) is 17.0 Å². The molecule has 24 nitrogen and oxygen atoms in total. The van der Waals surface area contributed by atoms with Crippen molar-refractivity contribution in [2.75, 3.05) is 113 Å². The number of carboxylic acids is 1. The van der Waals surface area contributed by atoms with E-state index in [0.717, 1.165) is 0 Å². The Hall–Kier alpha value is -5.41. The fourth-order valence-electron chi connectivity index (χ4n) is 6.73. The van der Waals surface area contributed by atoms with Crippen molar-refractivity contribution in [1.82, 2.24) is 25.6 Å². The molecular weight excluding hydrogens is 1010 g/mol. The molecule has 0 radical (unpaired) electrons. The maximum absolute atomic E-state index is 13.6. The van der Waals surface area contributed by atoms with Crippen molar-refractivity contribution in [3.63, 3.8) is 0 Å². The van der Waals surface area contributed by atoms with Gasteiger partial charge < -0.3 is 83.5 Å². The minimum Gasteiger partial charge on any atom is -0.477 e. The molecule has 0 saturated carbocycles. The summed E-state index contributed by atoms with van der Waals surface area (Å²) < 4.78 is 121. The number of aromatic nitrogens is 3. The van der Waals surface area contributed by atoms with E-state index in [1.165, 1.54) is 7.11 Å². The first-order valence-electron chi connectivity index (χ1n) is 22.9. The molecule has 1 saturated heterocycles. The van der Waals surface area contributed by atoms with Crippen LogP contribution in [0, 0.1) is 29.1 Å². The average Bonchev–Trinajstić information content (AvgIpc) is 3.87. The zero-order valence-electron chi connectivity index (χ0n) is 40.1. The van der Waals surface area contributed by atoms with Crippen LogP contribution in [0.4, 0.5) is 22.0 Å². The number of nitrogens with one attached hydrogen (secondary N) is 2. The van der Waals surface area contributed by atoms with E-state index in [4.69, 9.17) is 42.6 Å². The van der Waals surface area contributed by atoms with Crippen LogP contribution in [0.1, 0.15) is 18.4 Å². The number of esters is 1. The summed E-state index contributed by atoms with van der Waals surface area (Å²) in [5.41, 5.74) is 1.80. The molecule has 0 spiro atoms. The molecule has 3 aromatic rings. The van der Waals surface area contributed by atoms with Crippen LogP contribution in [0.3, 0.4) is 0 Å². The second-order valence-electron chi connectivity index (χ2n) is 15.9. The maximum Gasteiger partial charge on any atom is 0.364 e. The number of ether oxygens (including phenoxy) is 10. The Kier molecular flexibility index (Phi) is 26.5. The number of benzene rings is 2. The first-order chi connectivity index (χ1) is 35.5. The number of methoxy groups -OCH3 is 1. The van der Waals surface area contributed by atoms with Crippen molar-refractivity contribution < 1.29 is 114 Å². The van der Waals surface area contributed by atoms with Crippen molar-refractivity contribution >= 4 is 23.8 Å². The number of carbonyl (C=O) groups excluding carboxylic acids is 3. The molecule has 1 aromatic heterocycles. The predicted octanol–water partition coefficient (Wildman–Crippen LogP) is -0.813. The van der Waals surface area contributed by atoms with Gasteiger partial charge in [-0.15, -0.1) is 5.10 Å². The van der Waals surface area contributed by atoms with Gasteiger partial charge in [-0.25, -0.2) is 22.6 Å². The van der Waals surface area contributed by atoms with Crippen molar-refractivity contribution in [2.45, 2.75) is 62.1 Å². The summed E-state index contributed by atoms with van der Waals surface area (Å²) in [7, 11) is 1.52. The Morgan fingerprint density at radius 2 is 1.31 bits per heavy atom. The van der Waals surface area contributed by atoms with E-state index in [-0.39, 0.29) is 85.7 Å². The molecule has 0 aliphatic carbocycles. The molecule has 0 bridgehead atoms. The molecule has 29 heteroatoms. The second kappa shape index (κ2) is 32.1. The Morgan fingerprint density at radius 3 is 1.88 bits per heavy atom. The summed E-state index contributed by atoms with van der Waals surface area (Å²) in [6.45, 7) is 0.505. The molecule has 6 atom stereocenters. The first-order valence-corrected chi connectivity index (χ1v) is 22.9. The van der Waals surface area contributed by atoms with Gasteiger partial charge in [0.25, 0.3) is 5.79 Å². The van der Waals surface area contributed by atoms with E-state index in [1.807, 2.05) is 0 Å². The highest BCUT2D eigenvalue weighted by Gasteiger charge is 2.56. The Labute approximate surface area is 419 Å². The second-order valence-corrected chi connectivity index (χ2v) is 15.9. The highest BCUT2D eigenvalue weighted by Crippen LogP contribution is 2.34. The van der Waals surface area contributed by atoms with Crippen molar-refractivity contribution in [2.24, 2.45) is 0 Å². The van der Waals surface area contributed by atoms with Crippen molar-refractivity contribution in [1.29, 1.82) is 0 Å². The Morgan fingerprint density at radius 1 is 0.770 bits per heavy atom. The van der Waals surface area contributed by atoms with Gasteiger partial charge in [0.05, 0.1) is 136 Å². The van der Waals surface area contributed by atoms with E-state index in [1.54, 1.807) is 35.1 Å². The van der Waals surface area contributed by atoms with Gasteiger partial charge in [0.2, 0.25) is 46.6 Å². The SMILES string of the molecule is COCCOCCOCCO[C@]1(C(=O)O)C[C@H](O)[C@@H](NC(=O)CO)[C@H]([C@H](O)[C@H](O)CNC(=O)Cc2ccc(-c3cn(CCOCCOCCOCCOCCC(=O)Oc4c(F)c(F)c(F)c(F)c4F)nn3)cc2)O1. The number of aliphatic hydroxyl groups is 4. The van der Waals surface area contributed by atoms with Crippen LogP contribution in [0.2, 0.25) is 0 Å². The van der Waals surface area contributed by atoms with Crippen LogP contribution in [0.25, 0.3) is 11.3 Å². The monoisotopic (exact) mass is 1070 g/mol. The minimum atomic E-state index is -2.55. The Balaban J connectivity index is 1.10. The van der Waals surface area contributed by atoms with Gasteiger partial charge in [0.1, 0.15) is 24.5 Å². The first kappa shape index (κ1) is 61.1. The molecule has 1 aliphatic rings. The third-order valence-corrected chi connectivity index (χ3v) is 10.5.